The van der Waals surface area contributed by atoms with Crippen LogP contribution >= 0.6 is 50.7 Å². The highest BCUT2D eigenvalue weighted by Crippen LogP contribution is 2.34. The van der Waals surface area contributed by atoms with Crippen LogP contribution in [-0.4, -0.2) is 11.6 Å². The third-order valence-corrected chi connectivity index (χ3v) is 6.84. The minimum atomic E-state index is -0.541. The van der Waals surface area contributed by atoms with Crippen molar-refractivity contribution in [2.45, 2.75) is 18.5 Å². The van der Waals surface area contributed by atoms with E-state index in [2.05, 4.69) is 31.8 Å². The Hall–Kier alpha value is -2.31. The lowest BCUT2D eigenvalue weighted by molar-refractivity contribution is -0.116. The molecular weight excluding hydrogens is 545 g/mol. The van der Waals surface area contributed by atoms with Crippen molar-refractivity contribution in [2.24, 2.45) is 5.10 Å². The van der Waals surface area contributed by atoms with Crippen molar-refractivity contribution in [1.82, 2.24) is 10.7 Å². The number of carbonyl (C=O) groups is 1. The Morgan fingerprint density at radius 3 is 2.61 bits per heavy atom. The first-order chi connectivity index (χ1) is 15.9. The van der Waals surface area contributed by atoms with Gasteiger partial charge in [0.1, 0.15) is 0 Å². The highest BCUT2D eigenvalue weighted by atomic mass is 79.9. The summed E-state index contributed by atoms with van der Waals surface area (Å²) in [6, 6.07) is 20.1. The quantitative estimate of drug-likeness (QED) is 0.308. The number of amides is 1. The van der Waals surface area contributed by atoms with Gasteiger partial charge in [0.2, 0.25) is 5.91 Å². The molecule has 0 spiro atoms. The number of hydrazone groups is 1. The SMILES string of the molecule is O=C(C=Cc1cccc(Cl)c1)NC(C1=NNC(c2ccc(Br)cc2)C1)c1cccc(Cl)c1Cl. The molecule has 0 aromatic heterocycles. The van der Waals surface area contributed by atoms with E-state index in [1.54, 1.807) is 30.3 Å². The van der Waals surface area contributed by atoms with E-state index in [1.807, 2.05) is 42.5 Å². The summed E-state index contributed by atoms with van der Waals surface area (Å²) in [5.74, 6) is -0.286. The van der Waals surface area contributed by atoms with Gasteiger partial charge in [-0.15, -0.1) is 0 Å². The molecule has 1 heterocycles. The van der Waals surface area contributed by atoms with Crippen molar-refractivity contribution in [3.05, 3.63) is 109 Å². The molecule has 0 saturated heterocycles. The lowest BCUT2D eigenvalue weighted by Crippen LogP contribution is -2.32. The molecule has 168 valence electrons. The van der Waals surface area contributed by atoms with Gasteiger partial charge < -0.3 is 10.7 Å². The second-order valence-electron chi connectivity index (χ2n) is 7.51. The number of hydrogen-bond acceptors (Lipinski definition) is 3. The van der Waals surface area contributed by atoms with Crippen LogP contribution in [0.2, 0.25) is 15.1 Å². The van der Waals surface area contributed by atoms with E-state index in [4.69, 9.17) is 34.8 Å². The number of nitrogens with one attached hydrogen (secondary N) is 2. The molecule has 33 heavy (non-hydrogen) atoms. The van der Waals surface area contributed by atoms with Gasteiger partial charge in [-0.25, -0.2) is 0 Å². The van der Waals surface area contributed by atoms with Crippen LogP contribution in [0.25, 0.3) is 6.08 Å². The summed E-state index contributed by atoms with van der Waals surface area (Å²) in [5.41, 5.74) is 6.54. The smallest absolute Gasteiger partial charge is 0.244 e. The number of halogens is 4. The number of nitrogens with zero attached hydrogens (tertiary/aromatic N) is 1. The Balaban J connectivity index is 1.57. The maximum atomic E-state index is 12.8. The Labute approximate surface area is 215 Å². The highest BCUT2D eigenvalue weighted by Gasteiger charge is 2.30. The number of rotatable bonds is 6. The van der Waals surface area contributed by atoms with Crippen LogP contribution < -0.4 is 10.7 Å². The predicted molar refractivity (Wildman–Crippen MR) is 140 cm³/mol. The van der Waals surface area contributed by atoms with Gasteiger partial charge in [0.05, 0.1) is 27.8 Å². The number of carbonyl (C=O) groups excluding carboxylic acids is 1. The standard InChI is InChI=1S/C25H19BrCl3N3O/c26-17-10-8-16(9-11-17)21-14-22(32-31-21)25(19-5-2-6-20(28)24(19)29)30-23(33)12-7-15-3-1-4-18(27)13-15/h1-13,21,25,31H,14H2,(H,30,33). The van der Waals surface area contributed by atoms with Crippen molar-refractivity contribution < 1.29 is 4.79 Å². The molecule has 0 aliphatic carbocycles. The Morgan fingerprint density at radius 1 is 1.09 bits per heavy atom. The zero-order chi connectivity index (χ0) is 23.4. The van der Waals surface area contributed by atoms with Crippen LogP contribution in [0.1, 0.15) is 35.2 Å². The predicted octanol–water partition coefficient (Wildman–Crippen LogP) is 7.37. The zero-order valence-electron chi connectivity index (χ0n) is 17.2. The van der Waals surface area contributed by atoms with Gasteiger partial charge in [-0.1, -0.05) is 87.1 Å². The van der Waals surface area contributed by atoms with E-state index in [0.717, 1.165) is 21.3 Å². The fraction of sp³-hybridized carbons (Fsp3) is 0.120. The van der Waals surface area contributed by atoms with Gasteiger partial charge in [-0.05, 0) is 47.5 Å². The number of benzene rings is 3. The summed E-state index contributed by atoms with van der Waals surface area (Å²) >= 11 is 22.3. The third kappa shape index (κ3) is 5.98. The maximum Gasteiger partial charge on any atom is 0.244 e. The topological polar surface area (TPSA) is 53.5 Å². The van der Waals surface area contributed by atoms with E-state index in [-0.39, 0.29) is 11.9 Å². The van der Waals surface area contributed by atoms with Gasteiger partial charge in [0.25, 0.3) is 0 Å². The van der Waals surface area contributed by atoms with Gasteiger partial charge in [-0.2, -0.15) is 5.10 Å². The fourth-order valence-corrected chi connectivity index (χ4v) is 4.47. The molecule has 0 fully saturated rings. The van der Waals surface area contributed by atoms with Crippen LogP contribution in [0.3, 0.4) is 0 Å². The third-order valence-electron chi connectivity index (χ3n) is 5.24. The van der Waals surface area contributed by atoms with E-state index >= 15 is 0 Å². The molecule has 0 radical (unpaired) electrons. The van der Waals surface area contributed by atoms with Crippen LogP contribution in [0.5, 0.6) is 0 Å². The first-order valence-electron chi connectivity index (χ1n) is 10.2. The summed E-state index contributed by atoms with van der Waals surface area (Å²) in [6.07, 6.45) is 3.77. The monoisotopic (exact) mass is 561 g/mol. The summed E-state index contributed by atoms with van der Waals surface area (Å²) in [7, 11) is 0. The van der Waals surface area contributed by atoms with Crippen LogP contribution in [0.15, 0.2) is 82.4 Å². The lowest BCUT2D eigenvalue weighted by Gasteiger charge is -2.20. The van der Waals surface area contributed by atoms with Crippen molar-refractivity contribution in [3.8, 4) is 0 Å². The minimum Gasteiger partial charge on any atom is -0.340 e. The average Bonchev–Trinajstić information content (AvgIpc) is 3.29. The molecule has 4 rings (SSSR count). The molecule has 2 unspecified atom stereocenters. The summed E-state index contributed by atoms with van der Waals surface area (Å²) in [6.45, 7) is 0. The van der Waals surface area contributed by atoms with Crippen LogP contribution in [-0.2, 0) is 4.79 Å². The highest BCUT2D eigenvalue weighted by molar-refractivity contribution is 9.10. The Morgan fingerprint density at radius 2 is 1.85 bits per heavy atom. The molecular formula is C25H19BrCl3N3O. The van der Waals surface area contributed by atoms with E-state index < -0.39 is 6.04 Å². The molecule has 8 heteroatoms. The Kier molecular flexibility index (Phi) is 7.76. The van der Waals surface area contributed by atoms with Gasteiger partial charge in [0.15, 0.2) is 0 Å². The van der Waals surface area contributed by atoms with Gasteiger partial charge in [-0.3, -0.25) is 4.79 Å². The largest absolute Gasteiger partial charge is 0.340 e. The first kappa shape index (κ1) is 23.8. The normalized spacial score (nSPS) is 16.4. The number of hydrogen-bond donors (Lipinski definition) is 2. The van der Waals surface area contributed by atoms with E-state index in [9.17, 15) is 4.79 Å². The fourth-order valence-electron chi connectivity index (χ4n) is 3.59. The second-order valence-corrected chi connectivity index (χ2v) is 9.65. The van der Waals surface area contributed by atoms with Crippen LogP contribution in [0.4, 0.5) is 0 Å². The lowest BCUT2D eigenvalue weighted by atomic mass is 9.95. The van der Waals surface area contributed by atoms with Crippen molar-refractivity contribution >= 4 is 68.4 Å². The molecule has 1 aliphatic rings. The maximum absolute atomic E-state index is 12.8. The van der Waals surface area contributed by atoms with Crippen molar-refractivity contribution in [3.63, 3.8) is 0 Å². The van der Waals surface area contributed by atoms with Gasteiger partial charge >= 0.3 is 0 Å². The minimum absolute atomic E-state index is 0.00698. The molecule has 1 amide bonds. The molecule has 2 atom stereocenters. The molecule has 3 aromatic carbocycles. The summed E-state index contributed by atoms with van der Waals surface area (Å²) in [4.78, 5) is 12.8. The van der Waals surface area contributed by atoms with Crippen molar-refractivity contribution in [1.29, 1.82) is 0 Å². The molecule has 4 nitrogen and oxygen atoms in total. The molecule has 2 N–H and O–H groups in total. The molecule has 3 aromatic rings. The molecule has 0 bridgehead atoms. The zero-order valence-corrected chi connectivity index (χ0v) is 21.1. The Bertz CT molecular complexity index is 1230. The summed E-state index contributed by atoms with van der Waals surface area (Å²) < 4.78 is 1.01. The summed E-state index contributed by atoms with van der Waals surface area (Å²) in [5, 5.41) is 8.98. The second kappa shape index (κ2) is 10.7. The van der Waals surface area contributed by atoms with E-state index in [0.29, 0.717) is 27.1 Å². The van der Waals surface area contributed by atoms with Crippen LogP contribution in [0, 0.1) is 0 Å². The molecule has 1 aliphatic heterocycles. The average molecular weight is 564 g/mol. The van der Waals surface area contributed by atoms with Crippen molar-refractivity contribution in [2.75, 3.05) is 0 Å². The van der Waals surface area contributed by atoms with E-state index in [1.165, 1.54) is 6.08 Å². The first-order valence-corrected chi connectivity index (χ1v) is 12.1. The van der Waals surface area contributed by atoms with Gasteiger partial charge in [0, 0.05) is 27.6 Å². The molecule has 0 saturated carbocycles.